The average molecular weight is 370 g/mol. The lowest BCUT2D eigenvalue weighted by Crippen LogP contribution is -2.30. The van der Waals surface area contributed by atoms with Gasteiger partial charge in [-0.05, 0) is 24.3 Å². The van der Waals surface area contributed by atoms with Gasteiger partial charge in [-0.1, -0.05) is 18.2 Å². The zero-order valence-corrected chi connectivity index (χ0v) is 15.0. The fourth-order valence-corrected chi connectivity index (χ4v) is 3.01. The van der Waals surface area contributed by atoms with Crippen LogP contribution in [0, 0.1) is 0 Å². The second-order valence-corrected chi connectivity index (χ2v) is 6.45. The van der Waals surface area contributed by atoms with Crippen LogP contribution in [0.25, 0.3) is 5.65 Å². The molecule has 2 aromatic heterocycles. The van der Waals surface area contributed by atoms with E-state index in [2.05, 4.69) is 20.6 Å². The number of carbonyl (C=O) groups is 2. The van der Waals surface area contributed by atoms with Gasteiger partial charge in [0.15, 0.2) is 11.5 Å². The number of para-hydroxylation sites is 1. The fraction of sp³-hybridized carbons (Fsp3) is 0.235. The Kier molecular flexibility index (Phi) is 5.80. The molecule has 0 saturated carbocycles. The molecule has 3 aromatic rings. The third-order valence-electron chi connectivity index (χ3n) is 3.66. The Balaban J connectivity index is 1.42. The van der Waals surface area contributed by atoms with Gasteiger partial charge in [-0.3, -0.25) is 9.59 Å². The molecule has 9 heteroatoms. The molecular weight excluding hydrogens is 352 g/mol. The minimum absolute atomic E-state index is 0.0540. The molecule has 0 radical (unpaired) electrons. The highest BCUT2D eigenvalue weighted by Crippen LogP contribution is 2.13. The monoisotopic (exact) mass is 370 g/mol. The molecule has 0 atom stereocenters. The van der Waals surface area contributed by atoms with Crippen LogP contribution in [0.5, 0.6) is 0 Å². The summed E-state index contributed by atoms with van der Waals surface area (Å²) in [4.78, 5) is 25.7. The lowest BCUT2D eigenvalue weighted by Gasteiger charge is -2.16. The molecule has 0 bridgehead atoms. The molecule has 0 unspecified atom stereocenters. The van der Waals surface area contributed by atoms with E-state index in [0.717, 1.165) is 5.69 Å². The third kappa shape index (κ3) is 4.37. The highest BCUT2D eigenvalue weighted by atomic mass is 32.2. The van der Waals surface area contributed by atoms with Gasteiger partial charge in [-0.2, -0.15) is 9.61 Å². The maximum atomic E-state index is 12.2. The summed E-state index contributed by atoms with van der Waals surface area (Å²) >= 11 is 1.27. The van der Waals surface area contributed by atoms with Crippen molar-refractivity contribution in [2.45, 2.75) is 6.54 Å². The first kappa shape index (κ1) is 17.9. The predicted molar refractivity (Wildman–Crippen MR) is 99.8 cm³/mol. The number of fused-ring (bicyclic) bond motifs is 1. The molecule has 1 aromatic carbocycles. The van der Waals surface area contributed by atoms with Crippen LogP contribution in [0.3, 0.4) is 0 Å². The van der Waals surface area contributed by atoms with Crippen molar-refractivity contribution in [3.63, 3.8) is 0 Å². The van der Waals surface area contributed by atoms with E-state index in [1.54, 1.807) is 34.8 Å². The predicted octanol–water partition coefficient (Wildman–Crippen LogP) is 1.14. The van der Waals surface area contributed by atoms with E-state index in [4.69, 9.17) is 0 Å². The van der Waals surface area contributed by atoms with Crippen molar-refractivity contribution in [1.29, 1.82) is 0 Å². The SMILES string of the molecule is CN(C(=O)CSCC(=O)NCc1nnc2cccnn12)c1ccccc1. The van der Waals surface area contributed by atoms with E-state index >= 15 is 0 Å². The summed E-state index contributed by atoms with van der Waals surface area (Å²) in [5.74, 6) is 0.755. The molecule has 1 N–H and O–H groups in total. The van der Waals surface area contributed by atoms with Crippen molar-refractivity contribution in [2.24, 2.45) is 0 Å². The molecule has 0 fully saturated rings. The number of hydrogen-bond acceptors (Lipinski definition) is 6. The topological polar surface area (TPSA) is 92.5 Å². The molecule has 8 nitrogen and oxygen atoms in total. The van der Waals surface area contributed by atoms with Crippen LogP contribution in [-0.2, 0) is 16.1 Å². The highest BCUT2D eigenvalue weighted by Gasteiger charge is 2.12. The third-order valence-corrected chi connectivity index (χ3v) is 4.58. The van der Waals surface area contributed by atoms with Gasteiger partial charge in [0.1, 0.15) is 0 Å². The molecule has 0 aliphatic heterocycles. The van der Waals surface area contributed by atoms with Gasteiger partial charge in [-0.25, -0.2) is 0 Å². The molecule has 2 amide bonds. The molecule has 0 aliphatic carbocycles. The smallest absolute Gasteiger partial charge is 0.236 e. The van der Waals surface area contributed by atoms with E-state index in [1.807, 2.05) is 30.3 Å². The Bertz CT molecular complexity index is 898. The van der Waals surface area contributed by atoms with Crippen LogP contribution < -0.4 is 10.2 Å². The molecule has 3 rings (SSSR count). The van der Waals surface area contributed by atoms with Crippen molar-refractivity contribution in [3.05, 3.63) is 54.5 Å². The summed E-state index contributed by atoms with van der Waals surface area (Å²) in [6, 6.07) is 12.9. The Morgan fingerprint density at radius 2 is 1.92 bits per heavy atom. The molecule has 0 saturated heterocycles. The van der Waals surface area contributed by atoms with E-state index in [1.165, 1.54) is 11.8 Å². The summed E-state index contributed by atoms with van der Waals surface area (Å²) in [5, 5.41) is 14.9. The molecule has 26 heavy (non-hydrogen) atoms. The van der Waals surface area contributed by atoms with E-state index in [9.17, 15) is 9.59 Å². The fourth-order valence-electron chi connectivity index (χ4n) is 2.25. The second-order valence-electron chi connectivity index (χ2n) is 5.47. The molecule has 2 heterocycles. The second kappa shape index (κ2) is 8.43. The first-order valence-electron chi connectivity index (χ1n) is 7.96. The van der Waals surface area contributed by atoms with Gasteiger partial charge in [0.25, 0.3) is 0 Å². The van der Waals surface area contributed by atoms with Gasteiger partial charge >= 0.3 is 0 Å². The zero-order valence-electron chi connectivity index (χ0n) is 14.2. The normalized spacial score (nSPS) is 10.7. The van der Waals surface area contributed by atoms with Crippen molar-refractivity contribution in [1.82, 2.24) is 25.1 Å². The molecule has 134 valence electrons. The Morgan fingerprint density at radius 3 is 2.73 bits per heavy atom. The summed E-state index contributed by atoms with van der Waals surface area (Å²) in [6.45, 7) is 0.232. The summed E-state index contributed by atoms with van der Waals surface area (Å²) < 4.78 is 1.58. The first-order chi connectivity index (χ1) is 12.6. The van der Waals surface area contributed by atoms with Gasteiger partial charge < -0.3 is 10.2 Å². The first-order valence-corrected chi connectivity index (χ1v) is 9.12. The molecular formula is C17H18N6O2S. The van der Waals surface area contributed by atoms with Gasteiger partial charge in [0.2, 0.25) is 11.8 Å². The Hall–Kier alpha value is -2.94. The number of aromatic nitrogens is 4. The maximum Gasteiger partial charge on any atom is 0.236 e. The Labute approximate surface area is 154 Å². The summed E-state index contributed by atoms with van der Waals surface area (Å²) in [5.41, 5.74) is 1.45. The number of thioether (sulfide) groups is 1. The molecule has 0 aliphatic rings. The van der Waals surface area contributed by atoms with E-state index in [-0.39, 0.29) is 29.9 Å². The van der Waals surface area contributed by atoms with Crippen LogP contribution in [-0.4, -0.2) is 50.2 Å². The van der Waals surface area contributed by atoms with Gasteiger partial charge in [-0.15, -0.1) is 22.0 Å². The lowest BCUT2D eigenvalue weighted by atomic mass is 10.3. The van der Waals surface area contributed by atoms with Crippen molar-refractivity contribution in [3.8, 4) is 0 Å². The van der Waals surface area contributed by atoms with Gasteiger partial charge in [0.05, 0.1) is 18.1 Å². The highest BCUT2D eigenvalue weighted by molar-refractivity contribution is 8.00. The number of rotatable bonds is 7. The lowest BCUT2D eigenvalue weighted by molar-refractivity contribution is -0.118. The number of carbonyl (C=O) groups excluding carboxylic acids is 2. The van der Waals surface area contributed by atoms with Crippen LogP contribution in [0.15, 0.2) is 48.7 Å². The number of amides is 2. The average Bonchev–Trinajstić information content (AvgIpc) is 3.09. The van der Waals surface area contributed by atoms with Crippen LogP contribution in [0.1, 0.15) is 5.82 Å². The van der Waals surface area contributed by atoms with Crippen LogP contribution >= 0.6 is 11.8 Å². The number of nitrogens with zero attached hydrogens (tertiary/aromatic N) is 5. The minimum Gasteiger partial charge on any atom is -0.348 e. The van der Waals surface area contributed by atoms with Crippen molar-refractivity contribution < 1.29 is 9.59 Å². The van der Waals surface area contributed by atoms with Crippen molar-refractivity contribution in [2.75, 3.05) is 23.5 Å². The number of benzene rings is 1. The van der Waals surface area contributed by atoms with Gasteiger partial charge in [0, 0.05) is 18.9 Å². The van der Waals surface area contributed by atoms with E-state index in [0.29, 0.717) is 11.5 Å². The summed E-state index contributed by atoms with van der Waals surface area (Å²) in [6.07, 6.45) is 1.63. The van der Waals surface area contributed by atoms with Crippen LogP contribution in [0.4, 0.5) is 5.69 Å². The minimum atomic E-state index is -0.169. The standard InChI is InChI=1S/C17H18N6O2S/c1-22(13-6-3-2-4-7-13)17(25)12-26-11-16(24)18-10-15-21-20-14-8-5-9-19-23(14)15/h2-9H,10-12H2,1H3,(H,18,24). The number of nitrogens with one attached hydrogen (secondary N) is 1. The maximum absolute atomic E-state index is 12.2. The molecule has 0 spiro atoms. The quantitative estimate of drug-likeness (QED) is 0.670. The summed E-state index contributed by atoms with van der Waals surface area (Å²) in [7, 11) is 1.72. The zero-order chi connectivity index (χ0) is 18.4. The largest absolute Gasteiger partial charge is 0.348 e. The van der Waals surface area contributed by atoms with Crippen LogP contribution in [0.2, 0.25) is 0 Å². The number of hydrogen-bond donors (Lipinski definition) is 1. The Morgan fingerprint density at radius 1 is 1.12 bits per heavy atom. The van der Waals surface area contributed by atoms with E-state index < -0.39 is 0 Å². The van der Waals surface area contributed by atoms with Crippen molar-refractivity contribution >= 4 is 34.9 Å². The number of anilines is 1.